The minimum atomic E-state index is -2.85. The minimum absolute atomic E-state index is 0.0872. The van der Waals surface area contributed by atoms with Gasteiger partial charge >= 0.3 is 7.60 Å². The summed E-state index contributed by atoms with van der Waals surface area (Å²) < 4.78 is 22.4. The van der Waals surface area contributed by atoms with E-state index in [2.05, 4.69) is 20.8 Å². The molecular formula is C9H21O3PS. The smallest absolute Gasteiger partial charge is 0.308 e. The van der Waals surface area contributed by atoms with Crippen LogP contribution in [-0.4, -0.2) is 23.5 Å². The van der Waals surface area contributed by atoms with Gasteiger partial charge in [0.1, 0.15) is 0 Å². The van der Waals surface area contributed by atoms with Gasteiger partial charge in [-0.05, 0) is 13.8 Å². The summed E-state index contributed by atoms with van der Waals surface area (Å²) in [5, 5.41) is 0. The van der Waals surface area contributed by atoms with Crippen molar-refractivity contribution in [1.29, 1.82) is 0 Å². The third kappa shape index (κ3) is 6.88. The van der Waals surface area contributed by atoms with Crippen molar-refractivity contribution in [3.8, 4) is 0 Å². The van der Waals surface area contributed by atoms with Crippen LogP contribution in [-0.2, 0) is 13.6 Å². The predicted molar refractivity (Wildman–Crippen MR) is 63.1 cm³/mol. The van der Waals surface area contributed by atoms with Crippen LogP contribution in [0.5, 0.6) is 0 Å². The molecule has 0 fully saturated rings. The zero-order chi connectivity index (χ0) is 11.2. The summed E-state index contributed by atoms with van der Waals surface area (Å²) in [7, 11) is -2.85. The Hall–Kier alpha value is 0.500. The molecule has 0 saturated carbocycles. The van der Waals surface area contributed by atoms with E-state index < -0.39 is 7.60 Å². The zero-order valence-corrected chi connectivity index (χ0v) is 11.4. The third-order valence-electron chi connectivity index (χ3n) is 1.31. The van der Waals surface area contributed by atoms with Crippen molar-refractivity contribution >= 4 is 19.4 Å². The molecule has 0 heterocycles. The molecule has 3 nitrogen and oxygen atoms in total. The van der Waals surface area contributed by atoms with Gasteiger partial charge in [0.25, 0.3) is 0 Å². The molecule has 0 aromatic carbocycles. The van der Waals surface area contributed by atoms with Crippen molar-refractivity contribution in [3.05, 3.63) is 0 Å². The molecule has 0 aromatic heterocycles. The van der Waals surface area contributed by atoms with Crippen molar-refractivity contribution in [3.63, 3.8) is 0 Å². The SMILES string of the molecule is CCOP(=O)(CSC(C)(C)C)OCC. The van der Waals surface area contributed by atoms with Gasteiger partial charge in [-0.3, -0.25) is 4.57 Å². The van der Waals surface area contributed by atoms with Gasteiger partial charge in [-0.15, -0.1) is 11.8 Å². The Morgan fingerprint density at radius 1 is 1.14 bits per heavy atom. The Bertz CT molecular complexity index is 191. The fourth-order valence-electron chi connectivity index (χ4n) is 0.778. The van der Waals surface area contributed by atoms with Crippen molar-refractivity contribution in [2.45, 2.75) is 39.4 Å². The molecule has 0 aliphatic carbocycles. The standard InChI is InChI=1S/C9H21O3PS/c1-6-11-13(10,12-7-2)8-14-9(3,4)5/h6-8H2,1-5H3. The van der Waals surface area contributed by atoms with Crippen LogP contribution in [0, 0.1) is 0 Å². The average molecular weight is 240 g/mol. The molecule has 0 rings (SSSR count). The first-order chi connectivity index (χ1) is 6.33. The van der Waals surface area contributed by atoms with Crippen molar-refractivity contribution in [2.24, 2.45) is 0 Å². The molecule has 0 saturated heterocycles. The van der Waals surface area contributed by atoms with E-state index in [1.165, 1.54) is 0 Å². The topological polar surface area (TPSA) is 35.5 Å². The molecule has 86 valence electrons. The largest absolute Gasteiger partial charge is 0.340 e. The van der Waals surface area contributed by atoms with Crippen LogP contribution in [0.4, 0.5) is 0 Å². The minimum Gasteiger partial charge on any atom is -0.308 e. The second-order valence-electron chi connectivity index (χ2n) is 3.83. The van der Waals surface area contributed by atoms with Gasteiger partial charge in [0.05, 0.1) is 18.7 Å². The quantitative estimate of drug-likeness (QED) is 0.662. The molecule has 0 radical (unpaired) electrons. The highest BCUT2D eigenvalue weighted by Crippen LogP contribution is 2.52. The lowest BCUT2D eigenvalue weighted by atomic mass is 10.3. The van der Waals surface area contributed by atoms with E-state index in [4.69, 9.17) is 9.05 Å². The fraction of sp³-hybridized carbons (Fsp3) is 1.00. The first-order valence-corrected chi connectivity index (χ1v) is 7.56. The van der Waals surface area contributed by atoms with E-state index >= 15 is 0 Å². The van der Waals surface area contributed by atoms with Crippen LogP contribution in [0.3, 0.4) is 0 Å². The van der Waals surface area contributed by atoms with E-state index in [0.29, 0.717) is 18.7 Å². The molecule has 0 aromatic rings. The molecule has 0 bridgehead atoms. The monoisotopic (exact) mass is 240 g/mol. The summed E-state index contributed by atoms with van der Waals surface area (Å²) in [6.45, 7) is 10.8. The maximum Gasteiger partial charge on any atom is 0.340 e. The summed E-state index contributed by atoms with van der Waals surface area (Å²) in [5.74, 6) is 0. The molecular weight excluding hydrogens is 219 g/mol. The van der Waals surface area contributed by atoms with Crippen LogP contribution in [0.15, 0.2) is 0 Å². The molecule has 0 unspecified atom stereocenters. The number of hydrogen-bond donors (Lipinski definition) is 0. The molecule has 0 spiro atoms. The van der Waals surface area contributed by atoms with Crippen LogP contribution in [0.1, 0.15) is 34.6 Å². The predicted octanol–water partition coefficient (Wildman–Crippen LogP) is 3.74. The summed E-state index contributed by atoms with van der Waals surface area (Å²) >= 11 is 1.61. The highest BCUT2D eigenvalue weighted by Gasteiger charge is 2.26. The average Bonchev–Trinajstić information content (AvgIpc) is 2.01. The van der Waals surface area contributed by atoms with Crippen molar-refractivity contribution < 1.29 is 13.6 Å². The van der Waals surface area contributed by atoms with E-state index in [1.54, 1.807) is 11.8 Å². The Morgan fingerprint density at radius 2 is 1.57 bits per heavy atom. The van der Waals surface area contributed by atoms with Crippen LogP contribution in [0.2, 0.25) is 0 Å². The van der Waals surface area contributed by atoms with Crippen LogP contribution >= 0.6 is 19.4 Å². The van der Waals surface area contributed by atoms with Gasteiger partial charge < -0.3 is 9.05 Å². The molecule has 5 heteroatoms. The molecule has 14 heavy (non-hydrogen) atoms. The Morgan fingerprint density at radius 3 is 1.86 bits per heavy atom. The Balaban J connectivity index is 4.16. The van der Waals surface area contributed by atoms with Gasteiger partial charge in [0.2, 0.25) is 0 Å². The molecule has 0 aliphatic heterocycles. The number of rotatable bonds is 6. The molecule has 0 atom stereocenters. The lowest BCUT2D eigenvalue weighted by molar-refractivity contribution is 0.224. The second-order valence-corrected chi connectivity index (χ2v) is 8.12. The zero-order valence-electron chi connectivity index (χ0n) is 9.70. The summed E-state index contributed by atoms with van der Waals surface area (Å²) in [5.41, 5.74) is 0.429. The van der Waals surface area contributed by atoms with E-state index in [-0.39, 0.29) is 4.75 Å². The van der Waals surface area contributed by atoms with E-state index in [9.17, 15) is 4.57 Å². The molecule has 0 N–H and O–H groups in total. The highest BCUT2D eigenvalue weighted by molar-refractivity contribution is 8.05. The Kier molecular flexibility index (Phi) is 6.38. The number of thioether (sulfide) groups is 1. The maximum atomic E-state index is 12.0. The summed E-state index contributed by atoms with van der Waals surface area (Å²) in [6, 6.07) is 0. The van der Waals surface area contributed by atoms with E-state index in [1.807, 2.05) is 13.8 Å². The van der Waals surface area contributed by atoms with E-state index in [0.717, 1.165) is 0 Å². The molecule has 0 amide bonds. The summed E-state index contributed by atoms with van der Waals surface area (Å²) in [4.78, 5) is 0. The van der Waals surface area contributed by atoms with Gasteiger partial charge in [-0.25, -0.2) is 0 Å². The number of hydrogen-bond acceptors (Lipinski definition) is 4. The van der Waals surface area contributed by atoms with Gasteiger partial charge in [-0.1, -0.05) is 20.8 Å². The van der Waals surface area contributed by atoms with Gasteiger partial charge in [-0.2, -0.15) is 0 Å². The van der Waals surface area contributed by atoms with Crippen molar-refractivity contribution in [2.75, 3.05) is 18.7 Å². The first-order valence-electron chi connectivity index (χ1n) is 4.85. The second kappa shape index (κ2) is 6.16. The first kappa shape index (κ1) is 14.5. The van der Waals surface area contributed by atoms with Gasteiger partial charge in [0, 0.05) is 4.75 Å². The van der Waals surface area contributed by atoms with Crippen LogP contribution in [0.25, 0.3) is 0 Å². The maximum absolute atomic E-state index is 12.0. The van der Waals surface area contributed by atoms with Gasteiger partial charge in [0.15, 0.2) is 0 Å². The fourth-order valence-corrected chi connectivity index (χ4v) is 4.42. The highest BCUT2D eigenvalue weighted by atomic mass is 32.2. The normalized spacial score (nSPS) is 13.2. The lowest BCUT2D eigenvalue weighted by Gasteiger charge is -2.22. The Labute approximate surface area is 91.5 Å². The lowest BCUT2D eigenvalue weighted by Crippen LogP contribution is -2.10. The van der Waals surface area contributed by atoms with Crippen molar-refractivity contribution in [1.82, 2.24) is 0 Å². The molecule has 0 aliphatic rings. The summed E-state index contributed by atoms with van der Waals surface area (Å²) in [6.07, 6.45) is 0. The van der Waals surface area contributed by atoms with Crippen LogP contribution < -0.4 is 0 Å². The third-order valence-corrected chi connectivity index (χ3v) is 5.26.